The quantitative estimate of drug-likeness (QED) is 0.799. The minimum Gasteiger partial charge on any atom is -0.467 e. The molecular weight excluding hydrogens is 279 g/mol. The number of methoxy groups -OCH3 is 1. The molecule has 0 radical (unpaired) electrons. The summed E-state index contributed by atoms with van der Waals surface area (Å²) < 4.78 is 18.5. The largest absolute Gasteiger partial charge is 0.467 e. The van der Waals surface area contributed by atoms with Gasteiger partial charge in [-0.25, -0.2) is 9.18 Å². The van der Waals surface area contributed by atoms with Crippen molar-refractivity contribution >= 4 is 23.3 Å². The molecule has 2 N–H and O–H groups in total. The lowest BCUT2D eigenvalue weighted by molar-refractivity contribution is -0.149. The highest BCUT2D eigenvalue weighted by molar-refractivity contribution is 5.96. The van der Waals surface area contributed by atoms with Gasteiger partial charge in [0.1, 0.15) is 5.82 Å². The summed E-state index contributed by atoms with van der Waals surface area (Å²) >= 11 is 0. The van der Waals surface area contributed by atoms with Crippen molar-refractivity contribution in [3.05, 3.63) is 23.5 Å². The number of fused-ring (bicyclic) bond motifs is 1. The fraction of sp³-hybridized carbons (Fsp3) is 0.429. The van der Waals surface area contributed by atoms with Crippen LogP contribution in [0.25, 0.3) is 0 Å². The van der Waals surface area contributed by atoms with Crippen LogP contribution in [0.2, 0.25) is 0 Å². The van der Waals surface area contributed by atoms with Crippen LogP contribution in [0.5, 0.6) is 0 Å². The molecule has 114 valence electrons. The first-order valence-electron chi connectivity index (χ1n) is 6.52. The number of hydrogen-bond donors (Lipinski definition) is 2. The second kappa shape index (κ2) is 6.09. The van der Waals surface area contributed by atoms with E-state index in [2.05, 4.69) is 10.1 Å². The summed E-state index contributed by atoms with van der Waals surface area (Å²) in [6, 6.07) is 2.95. The zero-order valence-corrected chi connectivity index (χ0v) is 11.9. The molecule has 1 aromatic rings. The van der Waals surface area contributed by atoms with Gasteiger partial charge in [-0.2, -0.15) is 0 Å². The lowest BCUT2D eigenvalue weighted by Crippen LogP contribution is -2.32. The van der Waals surface area contributed by atoms with Crippen molar-refractivity contribution in [2.75, 3.05) is 30.9 Å². The maximum Gasteiger partial charge on any atom is 0.336 e. The number of halogens is 1. The molecule has 0 aliphatic carbocycles. The van der Waals surface area contributed by atoms with Crippen molar-refractivity contribution in [3.63, 3.8) is 0 Å². The predicted octanol–water partition coefficient (Wildman–Crippen LogP) is 0.680. The van der Waals surface area contributed by atoms with Crippen molar-refractivity contribution < 1.29 is 23.8 Å². The Morgan fingerprint density at radius 3 is 2.90 bits per heavy atom. The van der Waals surface area contributed by atoms with E-state index in [0.29, 0.717) is 24.1 Å². The maximum absolute atomic E-state index is 14.1. The normalized spacial score (nSPS) is 15.4. The van der Waals surface area contributed by atoms with E-state index in [4.69, 9.17) is 0 Å². The number of aryl methyl sites for hydroxylation is 1. The molecule has 1 amide bonds. The SMILES string of the molecule is COC(=O)C(O)CNc1cc(F)c2c(c1)CCC(=O)N2C. The second-order valence-corrected chi connectivity index (χ2v) is 4.84. The highest BCUT2D eigenvalue weighted by Crippen LogP contribution is 2.32. The number of amides is 1. The van der Waals surface area contributed by atoms with E-state index < -0.39 is 17.9 Å². The molecule has 1 heterocycles. The molecule has 0 saturated carbocycles. The Kier molecular flexibility index (Phi) is 4.42. The number of hydrogen-bond acceptors (Lipinski definition) is 5. The van der Waals surface area contributed by atoms with Gasteiger partial charge < -0.3 is 20.1 Å². The van der Waals surface area contributed by atoms with Crippen LogP contribution in [0, 0.1) is 5.82 Å². The Hall–Kier alpha value is -2.15. The number of ether oxygens (including phenoxy) is 1. The van der Waals surface area contributed by atoms with Crippen molar-refractivity contribution in [3.8, 4) is 0 Å². The summed E-state index contributed by atoms with van der Waals surface area (Å²) in [5, 5.41) is 12.3. The minimum atomic E-state index is -1.32. The van der Waals surface area contributed by atoms with Crippen LogP contribution in [0.3, 0.4) is 0 Å². The van der Waals surface area contributed by atoms with Gasteiger partial charge in [0.2, 0.25) is 5.91 Å². The van der Waals surface area contributed by atoms with E-state index in [1.54, 1.807) is 6.07 Å². The molecule has 1 aliphatic heterocycles. The van der Waals surface area contributed by atoms with Crippen molar-refractivity contribution in [1.29, 1.82) is 0 Å². The van der Waals surface area contributed by atoms with Crippen molar-refractivity contribution in [1.82, 2.24) is 0 Å². The van der Waals surface area contributed by atoms with Crippen LogP contribution < -0.4 is 10.2 Å². The first-order chi connectivity index (χ1) is 9.93. The smallest absolute Gasteiger partial charge is 0.336 e. The summed E-state index contributed by atoms with van der Waals surface area (Å²) in [4.78, 5) is 24.0. The molecule has 1 aromatic carbocycles. The van der Waals surface area contributed by atoms with Gasteiger partial charge >= 0.3 is 5.97 Å². The minimum absolute atomic E-state index is 0.0837. The average Bonchev–Trinajstić information content (AvgIpc) is 2.47. The van der Waals surface area contributed by atoms with Gasteiger partial charge in [-0.15, -0.1) is 0 Å². The number of aliphatic hydroxyl groups excluding tert-OH is 1. The highest BCUT2D eigenvalue weighted by Gasteiger charge is 2.25. The molecule has 1 unspecified atom stereocenters. The number of nitrogens with one attached hydrogen (secondary N) is 1. The number of esters is 1. The van der Waals surface area contributed by atoms with Gasteiger partial charge in [0.25, 0.3) is 0 Å². The molecule has 21 heavy (non-hydrogen) atoms. The van der Waals surface area contributed by atoms with E-state index in [9.17, 15) is 19.1 Å². The van der Waals surface area contributed by atoms with Gasteiger partial charge in [-0.05, 0) is 24.1 Å². The molecule has 1 atom stereocenters. The lowest BCUT2D eigenvalue weighted by atomic mass is 10.0. The summed E-state index contributed by atoms with van der Waals surface area (Å²) in [6.45, 7) is -0.0837. The molecule has 1 aliphatic rings. The Balaban J connectivity index is 2.15. The number of carbonyl (C=O) groups excluding carboxylic acids is 2. The van der Waals surface area contributed by atoms with E-state index in [1.807, 2.05) is 0 Å². The third-order valence-corrected chi connectivity index (χ3v) is 3.43. The molecule has 0 aromatic heterocycles. The van der Waals surface area contributed by atoms with Gasteiger partial charge in [-0.1, -0.05) is 0 Å². The van der Waals surface area contributed by atoms with Crippen LogP contribution in [0.4, 0.5) is 15.8 Å². The Bertz CT molecular complexity index is 576. The summed E-state index contributed by atoms with van der Waals surface area (Å²) in [6.07, 6.45) is -0.528. The van der Waals surface area contributed by atoms with Gasteiger partial charge in [0, 0.05) is 19.2 Å². The Morgan fingerprint density at radius 2 is 2.24 bits per heavy atom. The van der Waals surface area contributed by atoms with Crippen LogP contribution in [-0.4, -0.2) is 43.8 Å². The van der Waals surface area contributed by atoms with E-state index in [0.717, 1.165) is 0 Å². The first kappa shape index (κ1) is 15.2. The van der Waals surface area contributed by atoms with E-state index in [1.165, 1.54) is 25.1 Å². The second-order valence-electron chi connectivity index (χ2n) is 4.84. The zero-order valence-electron chi connectivity index (χ0n) is 11.9. The number of nitrogens with zero attached hydrogens (tertiary/aromatic N) is 1. The van der Waals surface area contributed by atoms with Gasteiger partial charge in [-0.3, -0.25) is 4.79 Å². The average molecular weight is 296 g/mol. The molecule has 7 heteroatoms. The standard InChI is InChI=1S/C14H17FN2O4/c1-17-12(19)4-3-8-5-9(6-10(15)13(8)17)16-7-11(18)14(20)21-2/h5-6,11,16,18H,3-4,7H2,1-2H3. The number of anilines is 2. The number of benzene rings is 1. The third-order valence-electron chi connectivity index (χ3n) is 3.43. The van der Waals surface area contributed by atoms with Crippen LogP contribution >= 0.6 is 0 Å². The summed E-state index contributed by atoms with van der Waals surface area (Å²) in [7, 11) is 2.72. The van der Waals surface area contributed by atoms with Crippen molar-refractivity contribution in [2.24, 2.45) is 0 Å². The van der Waals surface area contributed by atoms with Crippen molar-refractivity contribution in [2.45, 2.75) is 18.9 Å². The summed E-state index contributed by atoms with van der Waals surface area (Å²) in [5.41, 5.74) is 1.44. The first-order valence-corrected chi connectivity index (χ1v) is 6.52. The molecule has 2 rings (SSSR count). The summed E-state index contributed by atoms with van der Waals surface area (Å²) in [5.74, 6) is -1.40. The molecular formula is C14H17FN2O4. The van der Waals surface area contributed by atoms with Crippen LogP contribution in [-0.2, 0) is 20.7 Å². The molecule has 0 fully saturated rings. The highest BCUT2D eigenvalue weighted by atomic mass is 19.1. The zero-order chi connectivity index (χ0) is 15.6. The number of carbonyl (C=O) groups is 2. The molecule has 0 spiro atoms. The fourth-order valence-electron chi connectivity index (χ4n) is 2.29. The topological polar surface area (TPSA) is 78.9 Å². The van der Waals surface area contributed by atoms with Crippen LogP contribution in [0.15, 0.2) is 12.1 Å². The van der Waals surface area contributed by atoms with E-state index >= 15 is 0 Å². The Morgan fingerprint density at radius 1 is 1.52 bits per heavy atom. The maximum atomic E-state index is 14.1. The molecule has 0 bridgehead atoms. The lowest BCUT2D eigenvalue weighted by Gasteiger charge is -2.27. The molecule has 6 nitrogen and oxygen atoms in total. The third kappa shape index (κ3) is 3.13. The van der Waals surface area contributed by atoms with Gasteiger partial charge in [0.05, 0.1) is 19.3 Å². The van der Waals surface area contributed by atoms with Gasteiger partial charge in [0.15, 0.2) is 6.10 Å². The number of rotatable bonds is 4. The Labute approximate surface area is 121 Å². The fourth-order valence-corrected chi connectivity index (χ4v) is 2.29. The number of aliphatic hydroxyl groups is 1. The molecule has 0 saturated heterocycles. The van der Waals surface area contributed by atoms with E-state index in [-0.39, 0.29) is 18.1 Å². The monoisotopic (exact) mass is 296 g/mol. The van der Waals surface area contributed by atoms with Crippen LogP contribution in [0.1, 0.15) is 12.0 Å². The predicted molar refractivity (Wildman–Crippen MR) is 74.6 cm³/mol.